The van der Waals surface area contributed by atoms with Crippen LogP contribution in [0, 0.1) is 3.57 Å². The second kappa shape index (κ2) is 7.31. The Balaban J connectivity index is 1.56. The van der Waals surface area contributed by atoms with Crippen molar-refractivity contribution in [3.8, 4) is 11.4 Å². The first-order valence-corrected chi connectivity index (χ1v) is 11.5. The number of para-hydroxylation sites is 2. The minimum atomic E-state index is 0.938. The van der Waals surface area contributed by atoms with Crippen molar-refractivity contribution in [1.29, 1.82) is 0 Å². The van der Waals surface area contributed by atoms with Gasteiger partial charge in [0.15, 0.2) is 0 Å². The fourth-order valence-corrected chi connectivity index (χ4v) is 5.55. The average Bonchev–Trinajstić information content (AvgIpc) is 3.37. The van der Waals surface area contributed by atoms with E-state index in [2.05, 4.69) is 117 Å². The lowest BCUT2D eigenvalue weighted by molar-refractivity contribution is 0.412. The maximum absolute atomic E-state index is 5.60. The van der Waals surface area contributed by atoms with Crippen molar-refractivity contribution in [2.24, 2.45) is 0 Å². The zero-order chi connectivity index (χ0) is 20.9. The smallest absolute Gasteiger partial charge is 0.134 e. The van der Waals surface area contributed by atoms with Gasteiger partial charge in [-0.1, -0.05) is 36.4 Å². The number of fused-ring (bicyclic) bond motifs is 4. The molecule has 4 heteroatoms. The maximum Gasteiger partial charge on any atom is 0.134 e. The summed E-state index contributed by atoms with van der Waals surface area (Å²) in [5.41, 5.74) is 7.52. The highest BCUT2D eigenvalue weighted by Crippen LogP contribution is 2.41. The molecule has 0 bridgehead atoms. The average molecular weight is 516 g/mol. The van der Waals surface area contributed by atoms with Crippen LogP contribution in [0.2, 0.25) is 0 Å². The van der Waals surface area contributed by atoms with Gasteiger partial charge in [0.1, 0.15) is 5.75 Å². The number of benzene rings is 4. The van der Waals surface area contributed by atoms with E-state index >= 15 is 0 Å². The molecule has 0 amide bonds. The quantitative estimate of drug-likeness (QED) is 0.238. The van der Waals surface area contributed by atoms with Crippen molar-refractivity contribution in [3.05, 3.63) is 94.1 Å². The molecule has 0 radical (unpaired) electrons. The molecule has 0 N–H and O–H groups in total. The number of nitrogens with zero attached hydrogens (tertiary/aromatic N) is 2. The zero-order valence-corrected chi connectivity index (χ0v) is 19.3. The third kappa shape index (κ3) is 2.92. The van der Waals surface area contributed by atoms with Crippen LogP contribution in [0.1, 0.15) is 5.56 Å². The number of aromatic nitrogens is 1. The molecular formula is C27H21IN2O. The molecule has 3 nitrogen and oxygen atoms in total. The summed E-state index contributed by atoms with van der Waals surface area (Å²) in [6, 6.07) is 30.6. The topological polar surface area (TPSA) is 17.4 Å². The molecule has 0 fully saturated rings. The summed E-state index contributed by atoms with van der Waals surface area (Å²) in [6.07, 6.45) is 1.05. The van der Waals surface area contributed by atoms with Crippen molar-refractivity contribution in [2.75, 3.05) is 18.6 Å². The normalized spacial score (nSPS) is 13.2. The molecule has 1 aromatic heterocycles. The summed E-state index contributed by atoms with van der Waals surface area (Å²) in [5.74, 6) is 0.938. The first kappa shape index (κ1) is 18.8. The standard InChI is InChI=1S/C27H21IN2O/c1-31-27-17-26-18(15-23(27)28)13-14-29(26)20-11-12-25-22(16-20)21-9-5-6-10-24(21)30(25)19-7-3-2-4-8-19/h2-12,15-17H,13-14H2,1H3. The van der Waals surface area contributed by atoms with Crippen LogP contribution in [0.4, 0.5) is 11.4 Å². The molecule has 0 unspecified atom stereocenters. The molecule has 5 aromatic rings. The molecule has 1 aliphatic heterocycles. The third-order valence-electron chi connectivity index (χ3n) is 6.23. The molecule has 4 aromatic carbocycles. The predicted molar refractivity (Wildman–Crippen MR) is 137 cm³/mol. The van der Waals surface area contributed by atoms with E-state index in [1.165, 1.54) is 48.0 Å². The number of anilines is 2. The van der Waals surface area contributed by atoms with Crippen molar-refractivity contribution in [3.63, 3.8) is 0 Å². The Morgan fingerprint density at radius 2 is 1.55 bits per heavy atom. The molecule has 1 aliphatic rings. The van der Waals surface area contributed by atoms with Crippen molar-refractivity contribution < 1.29 is 4.74 Å². The summed E-state index contributed by atoms with van der Waals surface area (Å²) in [6.45, 7) is 0.988. The Hall–Kier alpha value is -2.99. The Morgan fingerprint density at radius 1 is 0.774 bits per heavy atom. The van der Waals surface area contributed by atoms with E-state index in [0.717, 1.165) is 18.7 Å². The van der Waals surface area contributed by atoms with E-state index in [1.807, 2.05) is 0 Å². The number of rotatable bonds is 3. The Kier molecular flexibility index (Phi) is 4.42. The molecule has 0 saturated carbocycles. The molecule has 0 aliphatic carbocycles. The second-order valence-electron chi connectivity index (χ2n) is 7.91. The van der Waals surface area contributed by atoms with E-state index < -0.39 is 0 Å². The van der Waals surface area contributed by atoms with Crippen LogP contribution in [-0.2, 0) is 6.42 Å². The van der Waals surface area contributed by atoms with E-state index in [9.17, 15) is 0 Å². The van der Waals surface area contributed by atoms with Crippen molar-refractivity contribution in [2.45, 2.75) is 6.42 Å². The van der Waals surface area contributed by atoms with Crippen LogP contribution in [0.15, 0.2) is 84.9 Å². The van der Waals surface area contributed by atoms with Gasteiger partial charge in [0.2, 0.25) is 0 Å². The van der Waals surface area contributed by atoms with E-state index in [4.69, 9.17) is 4.74 Å². The van der Waals surface area contributed by atoms with Gasteiger partial charge in [-0.25, -0.2) is 0 Å². The van der Waals surface area contributed by atoms with Crippen molar-refractivity contribution >= 4 is 55.8 Å². The molecule has 0 saturated heterocycles. The lowest BCUT2D eigenvalue weighted by Gasteiger charge is -2.21. The molecule has 152 valence electrons. The lowest BCUT2D eigenvalue weighted by atomic mass is 10.1. The first-order chi connectivity index (χ1) is 15.2. The Labute approximate surface area is 195 Å². The largest absolute Gasteiger partial charge is 0.496 e. The Bertz CT molecular complexity index is 1440. The summed E-state index contributed by atoms with van der Waals surface area (Å²) in [5, 5.41) is 2.56. The number of methoxy groups -OCH3 is 1. The minimum absolute atomic E-state index is 0.938. The van der Waals surface area contributed by atoms with Gasteiger partial charge >= 0.3 is 0 Å². The minimum Gasteiger partial charge on any atom is -0.496 e. The van der Waals surface area contributed by atoms with Gasteiger partial charge < -0.3 is 14.2 Å². The molecule has 0 spiro atoms. The van der Waals surface area contributed by atoms with Crippen LogP contribution in [0.25, 0.3) is 27.5 Å². The number of hydrogen-bond acceptors (Lipinski definition) is 2. The van der Waals surface area contributed by atoms with Crippen LogP contribution in [0.5, 0.6) is 5.75 Å². The first-order valence-electron chi connectivity index (χ1n) is 10.5. The fourth-order valence-electron chi connectivity index (χ4n) is 4.80. The molecule has 31 heavy (non-hydrogen) atoms. The second-order valence-corrected chi connectivity index (χ2v) is 9.07. The molecular weight excluding hydrogens is 495 g/mol. The highest BCUT2D eigenvalue weighted by Gasteiger charge is 2.23. The van der Waals surface area contributed by atoms with Gasteiger partial charge in [-0.2, -0.15) is 0 Å². The van der Waals surface area contributed by atoms with Crippen molar-refractivity contribution in [1.82, 2.24) is 4.57 Å². The van der Waals surface area contributed by atoms with Crippen LogP contribution in [-0.4, -0.2) is 18.2 Å². The molecule has 0 atom stereocenters. The lowest BCUT2D eigenvalue weighted by Crippen LogP contribution is -2.13. The fraction of sp³-hybridized carbons (Fsp3) is 0.111. The zero-order valence-electron chi connectivity index (χ0n) is 17.2. The highest BCUT2D eigenvalue weighted by molar-refractivity contribution is 14.1. The van der Waals surface area contributed by atoms with E-state index in [1.54, 1.807) is 7.11 Å². The van der Waals surface area contributed by atoms with E-state index in [0.29, 0.717) is 0 Å². The third-order valence-corrected chi connectivity index (χ3v) is 7.07. The molecule has 6 rings (SSSR count). The summed E-state index contributed by atoms with van der Waals surface area (Å²) in [4.78, 5) is 2.42. The van der Waals surface area contributed by atoms with Gasteiger partial charge in [0.05, 0.1) is 21.7 Å². The van der Waals surface area contributed by atoms with Gasteiger partial charge in [-0.15, -0.1) is 0 Å². The monoisotopic (exact) mass is 516 g/mol. The number of halogens is 1. The van der Waals surface area contributed by atoms with Gasteiger partial charge in [0, 0.05) is 40.4 Å². The SMILES string of the molecule is COc1cc2c(cc1I)CCN2c1ccc2c(c1)c1ccccc1n2-c1ccccc1. The number of hydrogen-bond donors (Lipinski definition) is 0. The number of ether oxygens (including phenoxy) is 1. The van der Waals surface area contributed by atoms with Crippen LogP contribution < -0.4 is 9.64 Å². The summed E-state index contributed by atoms with van der Waals surface area (Å²) >= 11 is 2.36. The Morgan fingerprint density at radius 3 is 2.39 bits per heavy atom. The van der Waals surface area contributed by atoms with E-state index in [-0.39, 0.29) is 0 Å². The summed E-state index contributed by atoms with van der Waals surface area (Å²) < 4.78 is 9.12. The van der Waals surface area contributed by atoms with Gasteiger partial charge in [-0.05, 0) is 77.0 Å². The predicted octanol–water partition coefficient (Wildman–Crippen LogP) is 7.09. The summed E-state index contributed by atoms with van der Waals surface area (Å²) in [7, 11) is 1.74. The molecule has 2 heterocycles. The van der Waals surface area contributed by atoms with Gasteiger partial charge in [0.25, 0.3) is 0 Å². The van der Waals surface area contributed by atoms with Gasteiger partial charge in [-0.3, -0.25) is 0 Å². The highest BCUT2D eigenvalue weighted by atomic mass is 127. The van der Waals surface area contributed by atoms with Crippen LogP contribution in [0.3, 0.4) is 0 Å². The van der Waals surface area contributed by atoms with Crippen LogP contribution >= 0.6 is 22.6 Å². The maximum atomic E-state index is 5.60.